The first-order chi connectivity index (χ1) is 13.1. The van der Waals surface area contributed by atoms with Crippen molar-refractivity contribution in [3.63, 3.8) is 0 Å². The van der Waals surface area contributed by atoms with Crippen LogP contribution >= 0.6 is 0 Å². The van der Waals surface area contributed by atoms with Gasteiger partial charge >= 0.3 is 0 Å². The molecule has 0 bridgehead atoms. The molecule has 2 aromatic rings. The number of hydrogen-bond acceptors (Lipinski definition) is 3. The van der Waals surface area contributed by atoms with Gasteiger partial charge < -0.3 is 16.0 Å². The number of amides is 2. The average molecular weight is 359 g/mol. The quantitative estimate of drug-likeness (QED) is 0.779. The van der Waals surface area contributed by atoms with Crippen LogP contribution in [0.5, 0.6) is 0 Å². The van der Waals surface area contributed by atoms with Crippen molar-refractivity contribution >= 4 is 23.2 Å². The van der Waals surface area contributed by atoms with Gasteiger partial charge in [0.25, 0.3) is 11.8 Å². The lowest BCUT2D eigenvalue weighted by molar-refractivity contribution is -0.112. The molecule has 5 nitrogen and oxygen atoms in total. The number of hydrogen-bond donors (Lipinski definition) is 3. The number of allylic oxidation sites excluding steroid dienone is 2. The van der Waals surface area contributed by atoms with Crippen LogP contribution < -0.4 is 16.0 Å². The number of rotatable bonds is 3. The molecule has 5 heteroatoms. The van der Waals surface area contributed by atoms with Gasteiger partial charge in [-0.2, -0.15) is 0 Å². The van der Waals surface area contributed by atoms with Crippen molar-refractivity contribution in [2.75, 3.05) is 10.6 Å². The van der Waals surface area contributed by atoms with Crippen LogP contribution in [0.15, 0.2) is 65.9 Å². The van der Waals surface area contributed by atoms with E-state index in [2.05, 4.69) is 16.0 Å². The second-order valence-corrected chi connectivity index (χ2v) is 6.82. The minimum atomic E-state index is -0.173. The molecule has 0 unspecified atom stereocenters. The largest absolute Gasteiger partial charge is 0.353 e. The van der Waals surface area contributed by atoms with Gasteiger partial charge in [0.1, 0.15) is 0 Å². The Hall–Kier alpha value is -3.34. The molecule has 27 heavy (non-hydrogen) atoms. The summed E-state index contributed by atoms with van der Waals surface area (Å²) in [6, 6.07) is 13.3. The summed E-state index contributed by atoms with van der Waals surface area (Å²) in [7, 11) is 0. The molecular formula is C22H21N3O2. The third kappa shape index (κ3) is 3.62. The Balaban J connectivity index is 1.52. The van der Waals surface area contributed by atoms with E-state index in [4.69, 9.17) is 0 Å². The third-order valence-corrected chi connectivity index (χ3v) is 4.77. The van der Waals surface area contributed by atoms with Crippen LogP contribution in [-0.4, -0.2) is 11.8 Å². The summed E-state index contributed by atoms with van der Waals surface area (Å²) >= 11 is 0. The van der Waals surface area contributed by atoms with E-state index >= 15 is 0 Å². The van der Waals surface area contributed by atoms with E-state index < -0.39 is 0 Å². The van der Waals surface area contributed by atoms with E-state index in [1.807, 2.05) is 49.4 Å². The lowest BCUT2D eigenvalue weighted by atomic mass is 10.0. The zero-order chi connectivity index (χ0) is 18.8. The summed E-state index contributed by atoms with van der Waals surface area (Å²) in [4.78, 5) is 25.0. The number of carbonyl (C=O) groups is 2. The molecule has 0 fully saturated rings. The zero-order valence-electron chi connectivity index (χ0n) is 15.1. The van der Waals surface area contributed by atoms with Gasteiger partial charge in [-0.15, -0.1) is 0 Å². The number of anilines is 2. The Bertz CT molecular complexity index is 972. The molecule has 2 amide bonds. The van der Waals surface area contributed by atoms with Crippen LogP contribution in [-0.2, 0) is 11.3 Å². The topological polar surface area (TPSA) is 70.2 Å². The summed E-state index contributed by atoms with van der Waals surface area (Å²) < 4.78 is 0. The van der Waals surface area contributed by atoms with Gasteiger partial charge in [-0.1, -0.05) is 42.0 Å². The highest BCUT2D eigenvalue weighted by atomic mass is 16.2. The smallest absolute Gasteiger partial charge is 0.257 e. The van der Waals surface area contributed by atoms with Crippen LogP contribution in [0.4, 0.5) is 11.4 Å². The minimum Gasteiger partial charge on any atom is -0.353 e. The number of aryl methyl sites for hydroxylation is 1. The maximum absolute atomic E-state index is 12.5. The number of benzene rings is 2. The van der Waals surface area contributed by atoms with Gasteiger partial charge in [-0.05, 0) is 43.5 Å². The highest BCUT2D eigenvalue weighted by molar-refractivity contribution is 6.11. The van der Waals surface area contributed by atoms with Crippen molar-refractivity contribution in [3.05, 3.63) is 82.6 Å². The highest BCUT2D eigenvalue weighted by Crippen LogP contribution is 2.32. The van der Waals surface area contributed by atoms with E-state index in [0.717, 1.165) is 29.8 Å². The van der Waals surface area contributed by atoms with Crippen LogP contribution in [0, 0.1) is 6.92 Å². The molecule has 2 aliphatic rings. The van der Waals surface area contributed by atoms with Crippen LogP contribution in [0.3, 0.4) is 0 Å². The van der Waals surface area contributed by atoms with Gasteiger partial charge in [0.2, 0.25) is 0 Å². The SMILES string of the molecule is Cc1ccc(CNC(=O)c2ccc3c(c2)NC(=O)C2=CCCC=C2N3)cc1. The molecule has 0 aromatic heterocycles. The summed E-state index contributed by atoms with van der Waals surface area (Å²) in [6.07, 6.45) is 5.75. The van der Waals surface area contributed by atoms with Crippen LogP contribution in [0.2, 0.25) is 0 Å². The molecule has 0 saturated heterocycles. The van der Waals surface area contributed by atoms with Crippen LogP contribution in [0.1, 0.15) is 34.3 Å². The highest BCUT2D eigenvalue weighted by Gasteiger charge is 2.23. The van der Waals surface area contributed by atoms with E-state index in [1.54, 1.807) is 12.1 Å². The number of nitrogens with one attached hydrogen (secondary N) is 3. The average Bonchev–Trinajstić information content (AvgIpc) is 2.82. The van der Waals surface area contributed by atoms with Gasteiger partial charge in [-0.25, -0.2) is 0 Å². The Morgan fingerprint density at radius 1 is 1.00 bits per heavy atom. The maximum Gasteiger partial charge on any atom is 0.257 e. The molecule has 1 aliphatic heterocycles. The maximum atomic E-state index is 12.5. The molecule has 136 valence electrons. The number of carbonyl (C=O) groups excluding carboxylic acids is 2. The summed E-state index contributed by atoms with van der Waals surface area (Å²) in [6.45, 7) is 2.49. The normalized spacial score (nSPS) is 15.2. The molecule has 2 aromatic carbocycles. The minimum absolute atomic E-state index is 0.149. The van der Waals surface area contributed by atoms with Gasteiger partial charge in [0.05, 0.1) is 16.9 Å². The van der Waals surface area contributed by atoms with Crippen LogP contribution in [0.25, 0.3) is 0 Å². The predicted octanol–water partition coefficient (Wildman–Crippen LogP) is 3.89. The molecule has 0 saturated carbocycles. The van der Waals surface area contributed by atoms with Crippen molar-refractivity contribution in [3.8, 4) is 0 Å². The van der Waals surface area contributed by atoms with Crippen molar-refractivity contribution in [2.45, 2.75) is 26.3 Å². The monoisotopic (exact) mass is 359 g/mol. The second-order valence-electron chi connectivity index (χ2n) is 6.82. The first kappa shape index (κ1) is 17.1. The Kier molecular flexibility index (Phi) is 4.50. The summed E-state index contributed by atoms with van der Waals surface area (Å²) in [5.41, 5.74) is 5.62. The molecular weight excluding hydrogens is 338 g/mol. The molecule has 0 spiro atoms. The Labute approximate surface area is 158 Å². The van der Waals surface area contributed by atoms with E-state index in [1.165, 1.54) is 5.56 Å². The second kappa shape index (κ2) is 7.11. The lowest BCUT2D eigenvalue weighted by Gasteiger charge is -2.13. The lowest BCUT2D eigenvalue weighted by Crippen LogP contribution is -2.23. The van der Waals surface area contributed by atoms with E-state index in [-0.39, 0.29) is 11.8 Å². The van der Waals surface area contributed by atoms with Gasteiger partial charge in [-0.3, -0.25) is 9.59 Å². The summed E-state index contributed by atoms with van der Waals surface area (Å²) in [5, 5.41) is 9.13. The predicted molar refractivity (Wildman–Crippen MR) is 106 cm³/mol. The first-order valence-electron chi connectivity index (χ1n) is 9.07. The van der Waals surface area contributed by atoms with Crippen molar-refractivity contribution in [1.82, 2.24) is 5.32 Å². The van der Waals surface area contributed by atoms with E-state index in [9.17, 15) is 9.59 Å². The Morgan fingerprint density at radius 2 is 1.78 bits per heavy atom. The summed E-state index contributed by atoms with van der Waals surface area (Å²) in [5.74, 6) is -0.322. The van der Waals surface area contributed by atoms with Gasteiger partial charge in [0.15, 0.2) is 0 Å². The fourth-order valence-corrected chi connectivity index (χ4v) is 3.23. The standard InChI is InChI=1S/C22H21N3O2/c1-14-6-8-15(9-7-14)13-23-21(26)16-10-11-19-20(12-16)25-22(27)17-4-2-3-5-18(17)24-19/h4-12,24H,2-3,13H2,1H3,(H,23,26)(H,25,27). The third-order valence-electron chi connectivity index (χ3n) is 4.77. The molecule has 0 radical (unpaired) electrons. The van der Waals surface area contributed by atoms with Crippen molar-refractivity contribution < 1.29 is 9.59 Å². The van der Waals surface area contributed by atoms with Crippen molar-refractivity contribution in [2.24, 2.45) is 0 Å². The first-order valence-corrected chi connectivity index (χ1v) is 9.07. The van der Waals surface area contributed by atoms with Crippen molar-refractivity contribution in [1.29, 1.82) is 0 Å². The molecule has 1 aliphatic carbocycles. The Morgan fingerprint density at radius 3 is 2.59 bits per heavy atom. The van der Waals surface area contributed by atoms with E-state index in [0.29, 0.717) is 23.4 Å². The molecule has 0 atom stereocenters. The fourth-order valence-electron chi connectivity index (χ4n) is 3.23. The fraction of sp³-hybridized carbons (Fsp3) is 0.182. The molecule has 3 N–H and O–H groups in total. The molecule has 4 rings (SSSR count). The van der Waals surface area contributed by atoms with Gasteiger partial charge in [0, 0.05) is 17.8 Å². The molecule has 1 heterocycles. The zero-order valence-corrected chi connectivity index (χ0v) is 15.1. The number of fused-ring (bicyclic) bond motifs is 2.